The van der Waals surface area contributed by atoms with E-state index in [1.807, 2.05) is 37.3 Å². The van der Waals surface area contributed by atoms with Gasteiger partial charge in [0.1, 0.15) is 6.04 Å². The number of rotatable bonds is 8. The minimum atomic E-state index is -0.420. The van der Waals surface area contributed by atoms with Gasteiger partial charge in [-0.2, -0.15) is 4.68 Å². The van der Waals surface area contributed by atoms with Crippen molar-refractivity contribution in [2.75, 3.05) is 11.9 Å². The molecule has 2 aromatic rings. The molecule has 1 fully saturated rings. The van der Waals surface area contributed by atoms with Crippen LogP contribution in [0.4, 0.5) is 5.95 Å². The Morgan fingerprint density at radius 1 is 1.21 bits per heavy atom. The molecule has 162 valence electrons. The number of anilines is 1. The standard InChI is InChI=1S/C19H29N7O.2ClH/c1-2-16(18(27)21-17(13-20)14-9-5-3-6-10-14)22-19-23-24-25-26(19)15-11-7-4-8-12-15;;/h4,7-8,11-12,14,16-17H,2-3,5-6,9-10,13,20H2,1H3,(H,21,27)(H,22,23,25);2*1H. The Hall–Kier alpha value is -1.90. The Morgan fingerprint density at radius 2 is 1.90 bits per heavy atom. The fourth-order valence-corrected chi connectivity index (χ4v) is 3.72. The first-order valence-corrected chi connectivity index (χ1v) is 9.83. The molecule has 4 N–H and O–H groups in total. The monoisotopic (exact) mass is 443 g/mol. The van der Waals surface area contributed by atoms with E-state index in [0.717, 1.165) is 18.5 Å². The second-order valence-electron chi connectivity index (χ2n) is 7.10. The van der Waals surface area contributed by atoms with Crippen molar-refractivity contribution in [3.05, 3.63) is 30.3 Å². The van der Waals surface area contributed by atoms with E-state index in [2.05, 4.69) is 26.2 Å². The molecule has 2 unspecified atom stereocenters. The molecule has 8 nitrogen and oxygen atoms in total. The van der Waals surface area contributed by atoms with Crippen LogP contribution >= 0.6 is 24.8 Å². The van der Waals surface area contributed by atoms with Gasteiger partial charge in [0.2, 0.25) is 11.9 Å². The molecule has 1 amide bonds. The fraction of sp³-hybridized carbons (Fsp3) is 0.579. The summed E-state index contributed by atoms with van der Waals surface area (Å²) in [6.07, 6.45) is 6.62. The maximum Gasteiger partial charge on any atom is 0.248 e. The summed E-state index contributed by atoms with van der Waals surface area (Å²) < 4.78 is 1.59. The van der Waals surface area contributed by atoms with Crippen LogP contribution in [-0.2, 0) is 4.79 Å². The van der Waals surface area contributed by atoms with Gasteiger partial charge in [-0.05, 0) is 47.7 Å². The van der Waals surface area contributed by atoms with Crippen molar-refractivity contribution in [2.45, 2.75) is 57.5 Å². The molecule has 10 heteroatoms. The Kier molecular flexibility index (Phi) is 10.9. The number of hydrogen-bond donors (Lipinski definition) is 3. The first-order valence-electron chi connectivity index (χ1n) is 9.83. The Balaban J connectivity index is 0.00000210. The number of aromatic nitrogens is 4. The molecule has 0 radical (unpaired) electrons. The highest BCUT2D eigenvalue weighted by molar-refractivity contribution is 5.85. The van der Waals surface area contributed by atoms with Crippen LogP contribution in [0.15, 0.2) is 30.3 Å². The molecular formula is C19H31Cl2N7O. The lowest BCUT2D eigenvalue weighted by Crippen LogP contribution is -2.50. The highest BCUT2D eigenvalue weighted by atomic mass is 35.5. The molecule has 29 heavy (non-hydrogen) atoms. The van der Waals surface area contributed by atoms with Gasteiger partial charge in [-0.3, -0.25) is 4.79 Å². The number of carbonyl (C=O) groups excluding carboxylic acids is 1. The van der Waals surface area contributed by atoms with Gasteiger partial charge in [0.05, 0.1) is 5.69 Å². The van der Waals surface area contributed by atoms with Crippen molar-refractivity contribution in [3.8, 4) is 5.69 Å². The van der Waals surface area contributed by atoms with Gasteiger partial charge < -0.3 is 16.4 Å². The van der Waals surface area contributed by atoms with E-state index in [1.165, 1.54) is 19.3 Å². The first kappa shape index (κ1) is 25.1. The quantitative estimate of drug-likeness (QED) is 0.578. The zero-order valence-electron chi connectivity index (χ0n) is 16.7. The fourth-order valence-electron chi connectivity index (χ4n) is 3.72. The number of nitrogens with zero attached hydrogens (tertiary/aromatic N) is 4. The predicted molar refractivity (Wildman–Crippen MR) is 119 cm³/mol. The Bertz CT molecular complexity index is 722. The molecule has 0 bridgehead atoms. The van der Waals surface area contributed by atoms with E-state index in [0.29, 0.717) is 24.8 Å². The van der Waals surface area contributed by atoms with Crippen LogP contribution < -0.4 is 16.4 Å². The number of amides is 1. The van der Waals surface area contributed by atoms with E-state index in [-0.39, 0.29) is 36.8 Å². The van der Waals surface area contributed by atoms with Gasteiger partial charge in [0, 0.05) is 12.6 Å². The number of benzene rings is 1. The average Bonchev–Trinajstić information content (AvgIpc) is 3.19. The Labute approximate surface area is 184 Å². The summed E-state index contributed by atoms with van der Waals surface area (Å²) >= 11 is 0. The number of tetrazole rings is 1. The molecule has 0 spiro atoms. The van der Waals surface area contributed by atoms with Crippen molar-refractivity contribution in [3.63, 3.8) is 0 Å². The van der Waals surface area contributed by atoms with Gasteiger partial charge in [0.15, 0.2) is 0 Å². The Morgan fingerprint density at radius 3 is 2.52 bits per heavy atom. The summed E-state index contributed by atoms with van der Waals surface area (Å²) in [5.74, 6) is 0.867. The summed E-state index contributed by atoms with van der Waals surface area (Å²) in [5.41, 5.74) is 6.79. The molecule has 0 aliphatic heterocycles. The van der Waals surface area contributed by atoms with E-state index >= 15 is 0 Å². The van der Waals surface area contributed by atoms with Crippen LogP contribution in [0.5, 0.6) is 0 Å². The number of nitrogens with one attached hydrogen (secondary N) is 2. The zero-order chi connectivity index (χ0) is 19.1. The van der Waals surface area contributed by atoms with Gasteiger partial charge in [-0.1, -0.05) is 49.5 Å². The third-order valence-corrected chi connectivity index (χ3v) is 5.30. The lowest BCUT2D eigenvalue weighted by Gasteiger charge is -2.31. The minimum Gasteiger partial charge on any atom is -0.350 e. The second-order valence-corrected chi connectivity index (χ2v) is 7.10. The SMILES string of the molecule is CCC(Nc1nnnn1-c1ccccc1)C(=O)NC(CN)C1CCCCC1.Cl.Cl. The van der Waals surface area contributed by atoms with Crippen LogP contribution in [0.3, 0.4) is 0 Å². The molecule has 1 aromatic heterocycles. The lowest BCUT2D eigenvalue weighted by molar-refractivity contribution is -0.123. The average molecular weight is 444 g/mol. The summed E-state index contributed by atoms with van der Waals surface area (Å²) in [6.45, 7) is 2.43. The maximum absolute atomic E-state index is 12.9. The van der Waals surface area contributed by atoms with Gasteiger partial charge >= 0.3 is 0 Å². The molecular weight excluding hydrogens is 413 g/mol. The van der Waals surface area contributed by atoms with Gasteiger partial charge in [0.25, 0.3) is 0 Å². The number of para-hydroxylation sites is 1. The van der Waals surface area contributed by atoms with Crippen molar-refractivity contribution >= 4 is 36.7 Å². The van der Waals surface area contributed by atoms with Crippen LogP contribution in [-0.4, -0.2) is 44.7 Å². The third kappa shape index (κ3) is 6.55. The van der Waals surface area contributed by atoms with E-state index in [1.54, 1.807) is 4.68 Å². The van der Waals surface area contributed by atoms with Crippen molar-refractivity contribution in [1.29, 1.82) is 0 Å². The van der Waals surface area contributed by atoms with Gasteiger partial charge in [-0.25, -0.2) is 0 Å². The molecule has 1 saturated carbocycles. The van der Waals surface area contributed by atoms with Crippen molar-refractivity contribution < 1.29 is 4.79 Å². The number of hydrogen-bond acceptors (Lipinski definition) is 6. The third-order valence-electron chi connectivity index (χ3n) is 5.30. The predicted octanol–water partition coefficient (Wildman–Crippen LogP) is 2.72. The van der Waals surface area contributed by atoms with E-state index in [4.69, 9.17) is 5.73 Å². The van der Waals surface area contributed by atoms with Gasteiger partial charge in [-0.15, -0.1) is 24.8 Å². The maximum atomic E-state index is 12.9. The van der Waals surface area contributed by atoms with E-state index in [9.17, 15) is 4.79 Å². The first-order chi connectivity index (χ1) is 13.2. The van der Waals surface area contributed by atoms with Crippen LogP contribution in [0, 0.1) is 5.92 Å². The molecule has 1 aromatic carbocycles. The topological polar surface area (TPSA) is 111 Å². The molecule has 1 aliphatic carbocycles. The van der Waals surface area contributed by atoms with Crippen LogP contribution in [0.2, 0.25) is 0 Å². The summed E-state index contributed by atoms with van der Waals surface area (Å²) in [6, 6.07) is 9.20. The minimum absolute atomic E-state index is 0. The number of carbonyl (C=O) groups is 1. The summed E-state index contributed by atoms with van der Waals surface area (Å²) in [4.78, 5) is 12.9. The van der Waals surface area contributed by atoms with Crippen LogP contribution in [0.25, 0.3) is 5.69 Å². The number of nitrogens with two attached hydrogens (primary N) is 1. The molecule has 1 heterocycles. The highest BCUT2D eigenvalue weighted by Gasteiger charge is 2.27. The summed E-state index contributed by atoms with van der Waals surface area (Å²) in [5, 5.41) is 18.1. The van der Waals surface area contributed by atoms with Crippen molar-refractivity contribution in [2.24, 2.45) is 11.7 Å². The lowest BCUT2D eigenvalue weighted by atomic mass is 9.84. The molecule has 3 rings (SSSR count). The second kappa shape index (κ2) is 12.6. The smallest absolute Gasteiger partial charge is 0.248 e. The number of halogens is 2. The largest absolute Gasteiger partial charge is 0.350 e. The molecule has 2 atom stereocenters. The normalized spacial score (nSPS) is 16.1. The zero-order valence-corrected chi connectivity index (χ0v) is 18.3. The molecule has 0 saturated heterocycles. The molecule has 1 aliphatic rings. The highest BCUT2D eigenvalue weighted by Crippen LogP contribution is 2.26. The van der Waals surface area contributed by atoms with Crippen LogP contribution in [0.1, 0.15) is 45.4 Å². The van der Waals surface area contributed by atoms with Crippen molar-refractivity contribution in [1.82, 2.24) is 25.5 Å². The summed E-state index contributed by atoms with van der Waals surface area (Å²) in [7, 11) is 0. The van der Waals surface area contributed by atoms with E-state index < -0.39 is 6.04 Å².